The number of nitrogen functional groups attached to an aromatic ring is 1. The zero-order valence-corrected chi connectivity index (χ0v) is 9.08. The maximum absolute atomic E-state index is 11.2. The summed E-state index contributed by atoms with van der Waals surface area (Å²) >= 11 is 5.94. The Balaban J connectivity index is 3.18. The summed E-state index contributed by atoms with van der Waals surface area (Å²) in [4.78, 5) is 11.2. The molecule has 0 amide bonds. The van der Waals surface area contributed by atoms with E-state index in [1.54, 1.807) is 18.2 Å². The molecule has 0 saturated heterocycles. The lowest BCUT2D eigenvalue weighted by atomic mass is 9.99. The number of hydrogen-bond acceptors (Lipinski definition) is 3. The smallest absolute Gasteiger partial charge is 0.152 e. The summed E-state index contributed by atoms with van der Waals surface area (Å²) in [6.45, 7) is 1.41. The van der Waals surface area contributed by atoms with Crippen molar-refractivity contribution in [3.63, 3.8) is 0 Å². The number of anilines is 1. The Morgan fingerprint density at radius 1 is 1.67 bits per heavy atom. The first-order chi connectivity index (χ1) is 7.06. The fraction of sp³-hybridized carbons (Fsp3) is 0.273. The van der Waals surface area contributed by atoms with E-state index in [4.69, 9.17) is 22.6 Å². The lowest BCUT2D eigenvalue weighted by molar-refractivity contribution is -0.116. The highest BCUT2D eigenvalue weighted by Crippen LogP contribution is 2.27. The number of rotatable bonds is 3. The zero-order valence-electron chi connectivity index (χ0n) is 8.33. The van der Waals surface area contributed by atoms with Crippen molar-refractivity contribution in [2.24, 2.45) is 0 Å². The van der Waals surface area contributed by atoms with E-state index in [0.29, 0.717) is 11.3 Å². The van der Waals surface area contributed by atoms with Crippen molar-refractivity contribution < 1.29 is 4.79 Å². The van der Waals surface area contributed by atoms with E-state index in [1.807, 2.05) is 6.07 Å². The highest BCUT2D eigenvalue weighted by Gasteiger charge is 2.17. The van der Waals surface area contributed by atoms with Gasteiger partial charge in [-0.05, 0) is 30.2 Å². The molecule has 0 radical (unpaired) electrons. The molecule has 1 unspecified atom stereocenters. The maximum atomic E-state index is 11.2. The van der Waals surface area contributed by atoms with Crippen LogP contribution in [0.1, 0.15) is 23.4 Å². The first-order valence-electron chi connectivity index (χ1n) is 4.46. The standard InChI is InChI=1S/C11H11ClN2O/c1-7(15)11(12)10-6-9(14)3-2-8(10)4-5-13/h2-3,6,11H,4,14H2,1H3. The minimum Gasteiger partial charge on any atom is -0.399 e. The molecule has 1 aromatic carbocycles. The number of Topliss-reactive ketones (excluding diaryl/α,β-unsaturated/α-hetero) is 1. The molecule has 4 heteroatoms. The van der Waals surface area contributed by atoms with Crippen LogP contribution in [0.15, 0.2) is 18.2 Å². The van der Waals surface area contributed by atoms with E-state index in [9.17, 15) is 4.79 Å². The maximum Gasteiger partial charge on any atom is 0.152 e. The molecular weight excluding hydrogens is 212 g/mol. The molecule has 1 aromatic rings. The van der Waals surface area contributed by atoms with Crippen LogP contribution in [-0.4, -0.2) is 5.78 Å². The third-order valence-electron chi connectivity index (χ3n) is 2.07. The summed E-state index contributed by atoms with van der Waals surface area (Å²) in [6.07, 6.45) is 0.228. The quantitative estimate of drug-likeness (QED) is 0.630. The minimum atomic E-state index is -0.725. The van der Waals surface area contributed by atoms with Gasteiger partial charge in [0.2, 0.25) is 0 Å². The molecular formula is C11H11ClN2O. The van der Waals surface area contributed by atoms with Crippen LogP contribution in [-0.2, 0) is 11.2 Å². The summed E-state index contributed by atoms with van der Waals surface area (Å²) in [5.74, 6) is -0.151. The molecule has 0 saturated carbocycles. The van der Waals surface area contributed by atoms with Crippen LogP contribution in [0.25, 0.3) is 0 Å². The molecule has 0 aliphatic carbocycles. The molecule has 0 aliphatic rings. The lowest BCUT2D eigenvalue weighted by Crippen LogP contribution is -2.06. The van der Waals surface area contributed by atoms with Gasteiger partial charge >= 0.3 is 0 Å². The van der Waals surface area contributed by atoms with Gasteiger partial charge in [0.1, 0.15) is 5.38 Å². The third kappa shape index (κ3) is 2.71. The van der Waals surface area contributed by atoms with Gasteiger partial charge in [-0.25, -0.2) is 0 Å². The second-order valence-electron chi connectivity index (χ2n) is 3.27. The Morgan fingerprint density at radius 3 is 2.87 bits per heavy atom. The monoisotopic (exact) mass is 222 g/mol. The third-order valence-corrected chi connectivity index (χ3v) is 2.61. The summed E-state index contributed by atoms with van der Waals surface area (Å²) in [7, 11) is 0. The van der Waals surface area contributed by atoms with E-state index >= 15 is 0 Å². The molecule has 15 heavy (non-hydrogen) atoms. The number of alkyl halides is 1. The van der Waals surface area contributed by atoms with Gasteiger partial charge in [-0.3, -0.25) is 4.79 Å². The van der Waals surface area contributed by atoms with E-state index in [0.717, 1.165) is 5.56 Å². The molecule has 2 N–H and O–H groups in total. The second kappa shape index (κ2) is 4.81. The predicted octanol–water partition coefficient (Wildman–Crippen LogP) is 2.20. The SMILES string of the molecule is CC(=O)C(Cl)c1cc(N)ccc1CC#N. The van der Waals surface area contributed by atoms with Crippen LogP contribution in [0.3, 0.4) is 0 Å². The fourth-order valence-electron chi connectivity index (χ4n) is 1.31. The Labute approximate surface area is 93.5 Å². The number of nitriles is 1. The first kappa shape index (κ1) is 11.5. The van der Waals surface area contributed by atoms with Crippen molar-refractivity contribution in [2.45, 2.75) is 18.7 Å². The number of carbonyl (C=O) groups excluding carboxylic acids is 1. The van der Waals surface area contributed by atoms with E-state index in [1.165, 1.54) is 6.92 Å². The number of nitrogens with two attached hydrogens (primary N) is 1. The van der Waals surface area contributed by atoms with Crippen molar-refractivity contribution in [2.75, 3.05) is 5.73 Å². The number of carbonyl (C=O) groups is 1. The zero-order chi connectivity index (χ0) is 11.4. The molecule has 0 aromatic heterocycles. The average Bonchev–Trinajstić information content (AvgIpc) is 2.20. The highest BCUT2D eigenvalue weighted by molar-refractivity contribution is 6.31. The first-order valence-corrected chi connectivity index (χ1v) is 4.89. The molecule has 0 aliphatic heterocycles. The van der Waals surface area contributed by atoms with Gasteiger partial charge < -0.3 is 5.73 Å². The van der Waals surface area contributed by atoms with Crippen molar-refractivity contribution >= 4 is 23.1 Å². The molecule has 1 atom stereocenters. The molecule has 0 fully saturated rings. The predicted molar refractivity (Wildman–Crippen MR) is 59.4 cm³/mol. The van der Waals surface area contributed by atoms with Gasteiger partial charge in [0.05, 0.1) is 12.5 Å². The summed E-state index contributed by atoms with van der Waals surface area (Å²) < 4.78 is 0. The number of halogens is 1. The van der Waals surface area contributed by atoms with Crippen molar-refractivity contribution in [1.29, 1.82) is 5.26 Å². The number of nitrogens with zero attached hydrogens (tertiary/aromatic N) is 1. The van der Waals surface area contributed by atoms with Crippen molar-refractivity contribution in [3.8, 4) is 6.07 Å². The van der Waals surface area contributed by atoms with Gasteiger partial charge in [0.25, 0.3) is 0 Å². The average molecular weight is 223 g/mol. The van der Waals surface area contributed by atoms with Gasteiger partial charge in [-0.15, -0.1) is 11.6 Å². The van der Waals surface area contributed by atoms with Crippen LogP contribution in [0.4, 0.5) is 5.69 Å². The molecule has 78 valence electrons. The number of ketones is 1. The van der Waals surface area contributed by atoms with Crippen molar-refractivity contribution in [3.05, 3.63) is 29.3 Å². The topological polar surface area (TPSA) is 66.9 Å². The fourth-order valence-corrected chi connectivity index (χ4v) is 1.52. The molecule has 0 spiro atoms. The highest BCUT2D eigenvalue weighted by atomic mass is 35.5. The Kier molecular flexibility index (Phi) is 3.70. The van der Waals surface area contributed by atoms with E-state index < -0.39 is 5.38 Å². The molecule has 0 heterocycles. The molecule has 3 nitrogen and oxygen atoms in total. The van der Waals surface area contributed by atoms with Crippen LogP contribution < -0.4 is 5.73 Å². The second-order valence-corrected chi connectivity index (χ2v) is 3.70. The van der Waals surface area contributed by atoms with E-state index in [2.05, 4.69) is 0 Å². The van der Waals surface area contributed by atoms with Gasteiger partial charge in [-0.2, -0.15) is 5.26 Å². The lowest BCUT2D eigenvalue weighted by Gasteiger charge is -2.11. The van der Waals surface area contributed by atoms with Gasteiger partial charge in [0.15, 0.2) is 5.78 Å². The summed E-state index contributed by atoms with van der Waals surface area (Å²) in [5.41, 5.74) is 7.53. The van der Waals surface area contributed by atoms with Gasteiger partial charge in [-0.1, -0.05) is 6.07 Å². The number of benzene rings is 1. The molecule has 1 rings (SSSR count). The van der Waals surface area contributed by atoms with Crippen LogP contribution in [0, 0.1) is 11.3 Å². The minimum absolute atomic E-state index is 0.151. The summed E-state index contributed by atoms with van der Waals surface area (Å²) in [6, 6.07) is 7.09. The Bertz CT molecular complexity index is 423. The number of hydrogen-bond donors (Lipinski definition) is 1. The van der Waals surface area contributed by atoms with Gasteiger partial charge in [0, 0.05) is 5.69 Å². The Morgan fingerprint density at radius 2 is 2.33 bits per heavy atom. The van der Waals surface area contributed by atoms with Crippen LogP contribution in [0.2, 0.25) is 0 Å². The summed E-state index contributed by atoms with van der Waals surface area (Å²) in [5, 5.41) is 7.90. The Hall–Kier alpha value is -1.53. The van der Waals surface area contributed by atoms with E-state index in [-0.39, 0.29) is 12.2 Å². The van der Waals surface area contributed by atoms with Crippen molar-refractivity contribution in [1.82, 2.24) is 0 Å². The van der Waals surface area contributed by atoms with Crippen LogP contribution in [0.5, 0.6) is 0 Å². The normalized spacial score (nSPS) is 11.8. The largest absolute Gasteiger partial charge is 0.399 e. The molecule has 0 bridgehead atoms. The van der Waals surface area contributed by atoms with Crippen LogP contribution >= 0.6 is 11.6 Å².